The molecular weight excluding hydrogens is 395 g/mol. The van der Waals surface area contributed by atoms with Gasteiger partial charge in [-0.25, -0.2) is 12.8 Å². The maximum atomic E-state index is 13.5. The van der Waals surface area contributed by atoms with Crippen LogP contribution in [-0.4, -0.2) is 56.3 Å². The fourth-order valence-electron chi connectivity index (χ4n) is 3.22. The molecule has 1 fully saturated rings. The summed E-state index contributed by atoms with van der Waals surface area (Å²) >= 11 is 0. The predicted octanol–water partition coefficient (Wildman–Crippen LogP) is 2.66. The van der Waals surface area contributed by atoms with Crippen LogP contribution in [0.25, 0.3) is 0 Å². The molecule has 1 amide bonds. The summed E-state index contributed by atoms with van der Waals surface area (Å²) in [5, 5.41) is 0. The molecule has 0 saturated carbocycles. The standard InChI is InChI=1S/C21H25FN2O4S/c22-19-9-4-5-10-20(19)28-16-6-11-21(25)23-12-14-24(15-13-23)29(26,27)17-18-7-2-1-3-8-18/h1-5,7-10H,6,11-17H2. The van der Waals surface area contributed by atoms with Crippen molar-refractivity contribution in [3.8, 4) is 5.75 Å². The summed E-state index contributed by atoms with van der Waals surface area (Å²) in [5.41, 5.74) is 0.751. The molecule has 156 valence electrons. The van der Waals surface area contributed by atoms with Gasteiger partial charge < -0.3 is 9.64 Å². The first-order valence-corrected chi connectivity index (χ1v) is 11.2. The molecular formula is C21H25FN2O4S. The highest BCUT2D eigenvalue weighted by molar-refractivity contribution is 7.88. The predicted molar refractivity (Wildman–Crippen MR) is 108 cm³/mol. The van der Waals surface area contributed by atoms with Crippen molar-refractivity contribution in [2.75, 3.05) is 32.8 Å². The van der Waals surface area contributed by atoms with Gasteiger partial charge in [0.2, 0.25) is 15.9 Å². The molecule has 0 aromatic heterocycles. The van der Waals surface area contributed by atoms with Crippen molar-refractivity contribution in [2.45, 2.75) is 18.6 Å². The van der Waals surface area contributed by atoms with Crippen molar-refractivity contribution in [2.24, 2.45) is 0 Å². The second-order valence-corrected chi connectivity index (χ2v) is 8.87. The largest absolute Gasteiger partial charge is 0.491 e. The third-order valence-electron chi connectivity index (χ3n) is 4.81. The fourth-order valence-corrected chi connectivity index (χ4v) is 4.73. The van der Waals surface area contributed by atoms with Crippen LogP contribution in [-0.2, 0) is 20.6 Å². The number of sulfonamides is 1. The lowest BCUT2D eigenvalue weighted by molar-refractivity contribution is -0.132. The summed E-state index contributed by atoms with van der Waals surface area (Å²) in [6.45, 7) is 1.60. The number of rotatable bonds is 8. The molecule has 0 radical (unpaired) electrons. The van der Waals surface area contributed by atoms with Crippen LogP contribution in [0, 0.1) is 5.82 Å². The molecule has 2 aromatic carbocycles. The van der Waals surface area contributed by atoms with Crippen LogP contribution in [0.15, 0.2) is 54.6 Å². The van der Waals surface area contributed by atoms with Crippen LogP contribution < -0.4 is 4.74 Å². The number of amides is 1. The van der Waals surface area contributed by atoms with Crippen LogP contribution in [0.5, 0.6) is 5.75 Å². The van der Waals surface area contributed by atoms with Gasteiger partial charge in [-0.05, 0) is 24.1 Å². The van der Waals surface area contributed by atoms with Gasteiger partial charge in [0.15, 0.2) is 11.6 Å². The highest BCUT2D eigenvalue weighted by Gasteiger charge is 2.28. The van der Waals surface area contributed by atoms with Gasteiger partial charge in [0, 0.05) is 32.6 Å². The molecule has 1 aliphatic heterocycles. The third kappa shape index (κ3) is 6.01. The minimum Gasteiger partial charge on any atom is -0.491 e. The molecule has 8 heteroatoms. The highest BCUT2D eigenvalue weighted by Crippen LogP contribution is 2.17. The summed E-state index contributed by atoms with van der Waals surface area (Å²) in [4.78, 5) is 14.0. The number of carbonyl (C=O) groups excluding carboxylic acids is 1. The number of para-hydroxylation sites is 1. The minimum absolute atomic E-state index is 0.0326. The summed E-state index contributed by atoms with van der Waals surface area (Å²) in [7, 11) is -3.40. The summed E-state index contributed by atoms with van der Waals surface area (Å²) in [6, 6.07) is 15.2. The molecule has 0 unspecified atom stereocenters. The van der Waals surface area contributed by atoms with Crippen molar-refractivity contribution in [3.05, 3.63) is 66.0 Å². The van der Waals surface area contributed by atoms with Crippen LogP contribution in [0.3, 0.4) is 0 Å². The van der Waals surface area contributed by atoms with E-state index in [1.165, 1.54) is 10.4 Å². The van der Waals surface area contributed by atoms with E-state index >= 15 is 0 Å². The summed E-state index contributed by atoms with van der Waals surface area (Å²) in [5.74, 6) is -0.319. The molecule has 1 saturated heterocycles. The van der Waals surface area contributed by atoms with E-state index in [1.807, 2.05) is 18.2 Å². The monoisotopic (exact) mass is 420 g/mol. The molecule has 2 aromatic rings. The highest BCUT2D eigenvalue weighted by atomic mass is 32.2. The fraction of sp³-hybridized carbons (Fsp3) is 0.381. The molecule has 3 rings (SSSR count). The Bertz CT molecular complexity index is 913. The van der Waals surface area contributed by atoms with Crippen molar-refractivity contribution in [1.29, 1.82) is 0 Å². The number of ether oxygens (including phenoxy) is 1. The van der Waals surface area contributed by atoms with Crippen molar-refractivity contribution in [1.82, 2.24) is 9.21 Å². The van der Waals surface area contributed by atoms with Gasteiger partial charge >= 0.3 is 0 Å². The molecule has 0 spiro atoms. The minimum atomic E-state index is -3.40. The second kappa shape index (κ2) is 9.84. The van der Waals surface area contributed by atoms with Crippen LogP contribution in [0.2, 0.25) is 0 Å². The van der Waals surface area contributed by atoms with Gasteiger partial charge in [-0.3, -0.25) is 4.79 Å². The average molecular weight is 421 g/mol. The van der Waals surface area contributed by atoms with Gasteiger partial charge in [0.05, 0.1) is 12.4 Å². The first kappa shape index (κ1) is 21.3. The van der Waals surface area contributed by atoms with Crippen LogP contribution in [0.4, 0.5) is 4.39 Å². The SMILES string of the molecule is O=C(CCCOc1ccccc1F)N1CCN(S(=O)(=O)Cc2ccccc2)CC1. The first-order chi connectivity index (χ1) is 14.0. The number of nitrogens with zero attached hydrogens (tertiary/aromatic N) is 2. The number of benzene rings is 2. The zero-order chi connectivity index (χ0) is 20.7. The normalized spacial score (nSPS) is 15.3. The molecule has 0 aliphatic carbocycles. The van der Waals surface area contributed by atoms with E-state index in [-0.39, 0.29) is 30.4 Å². The van der Waals surface area contributed by atoms with Gasteiger partial charge in [0.25, 0.3) is 0 Å². The summed E-state index contributed by atoms with van der Waals surface area (Å²) < 4.78 is 45.5. The quantitative estimate of drug-likeness (QED) is 0.616. The molecule has 0 N–H and O–H groups in total. The van der Waals surface area contributed by atoms with E-state index in [1.54, 1.807) is 35.2 Å². The lowest BCUT2D eigenvalue weighted by Gasteiger charge is -2.34. The molecule has 0 atom stereocenters. The van der Waals surface area contributed by atoms with Gasteiger partial charge in [-0.2, -0.15) is 4.31 Å². The van der Waals surface area contributed by atoms with E-state index < -0.39 is 15.8 Å². The Labute approximate surface area is 170 Å². The van der Waals surface area contributed by atoms with E-state index in [9.17, 15) is 17.6 Å². The zero-order valence-corrected chi connectivity index (χ0v) is 17.0. The molecule has 1 aliphatic rings. The smallest absolute Gasteiger partial charge is 0.222 e. The number of carbonyl (C=O) groups is 1. The number of hydrogen-bond acceptors (Lipinski definition) is 4. The van der Waals surface area contributed by atoms with E-state index in [2.05, 4.69) is 0 Å². The molecule has 1 heterocycles. The Balaban J connectivity index is 1.40. The Morgan fingerprint density at radius 2 is 1.62 bits per heavy atom. The Kier molecular flexibility index (Phi) is 7.22. The van der Waals surface area contributed by atoms with E-state index in [4.69, 9.17) is 4.74 Å². The second-order valence-electron chi connectivity index (χ2n) is 6.90. The third-order valence-corrected chi connectivity index (χ3v) is 6.66. The first-order valence-electron chi connectivity index (χ1n) is 9.62. The average Bonchev–Trinajstić information content (AvgIpc) is 2.73. The van der Waals surface area contributed by atoms with Crippen LogP contribution in [0.1, 0.15) is 18.4 Å². The number of piperazine rings is 1. The summed E-state index contributed by atoms with van der Waals surface area (Å²) in [6.07, 6.45) is 0.755. The Hall–Kier alpha value is -2.45. The van der Waals surface area contributed by atoms with Gasteiger partial charge in [-0.15, -0.1) is 0 Å². The van der Waals surface area contributed by atoms with E-state index in [0.717, 1.165) is 5.56 Å². The molecule has 0 bridgehead atoms. The lowest BCUT2D eigenvalue weighted by atomic mass is 10.2. The van der Waals surface area contributed by atoms with Crippen molar-refractivity contribution >= 4 is 15.9 Å². The number of hydrogen-bond donors (Lipinski definition) is 0. The van der Waals surface area contributed by atoms with Gasteiger partial charge in [0.1, 0.15) is 0 Å². The Morgan fingerprint density at radius 3 is 2.31 bits per heavy atom. The van der Waals surface area contributed by atoms with Crippen molar-refractivity contribution < 1.29 is 22.3 Å². The van der Waals surface area contributed by atoms with Crippen molar-refractivity contribution in [3.63, 3.8) is 0 Å². The lowest BCUT2D eigenvalue weighted by Crippen LogP contribution is -2.50. The zero-order valence-electron chi connectivity index (χ0n) is 16.2. The van der Waals surface area contributed by atoms with E-state index in [0.29, 0.717) is 32.6 Å². The molecule has 29 heavy (non-hydrogen) atoms. The maximum Gasteiger partial charge on any atom is 0.222 e. The Morgan fingerprint density at radius 1 is 0.966 bits per heavy atom. The van der Waals surface area contributed by atoms with Crippen LogP contribution >= 0.6 is 0 Å². The topological polar surface area (TPSA) is 66.9 Å². The number of halogens is 1. The molecule has 6 nitrogen and oxygen atoms in total. The van der Waals surface area contributed by atoms with Gasteiger partial charge in [-0.1, -0.05) is 42.5 Å². The maximum absolute atomic E-state index is 13.5.